The lowest BCUT2D eigenvalue weighted by Gasteiger charge is -2.14. The number of thioether (sulfide) groups is 1. The normalized spacial score (nSPS) is 15.9. The molecule has 6 heteroatoms. The molecule has 1 N–H and O–H groups in total. The Morgan fingerprint density at radius 2 is 2.00 bits per heavy atom. The third-order valence-electron chi connectivity index (χ3n) is 3.84. The van der Waals surface area contributed by atoms with E-state index in [2.05, 4.69) is 0 Å². The van der Waals surface area contributed by atoms with Crippen molar-refractivity contribution in [1.82, 2.24) is 4.90 Å². The maximum absolute atomic E-state index is 12.6. The van der Waals surface area contributed by atoms with Crippen molar-refractivity contribution in [2.45, 2.75) is 6.42 Å². The highest BCUT2D eigenvalue weighted by Gasteiger charge is 2.31. The lowest BCUT2D eigenvalue weighted by Crippen LogP contribution is -2.30. The van der Waals surface area contributed by atoms with E-state index in [9.17, 15) is 9.90 Å². The Morgan fingerprint density at radius 1 is 1.24 bits per heavy atom. The summed E-state index contributed by atoms with van der Waals surface area (Å²) in [4.78, 5) is 14.8. The van der Waals surface area contributed by atoms with Gasteiger partial charge in [0, 0.05) is 6.54 Å². The molecule has 25 heavy (non-hydrogen) atoms. The Kier molecular flexibility index (Phi) is 5.40. The molecule has 1 heterocycles. The van der Waals surface area contributed by atoms with E-state index in [1.165, 1.54) is 24.4 Å². The van der Waals surface area contributed by atoms with Gasteiger partial charge in [0.2, 0.25) is 0 Å². The van der Waals surface area contributed by atoms with Crippen LogP contribution in [0.4, 0.5) is 0 Å². The number of amides is 1. The average molecular weight is 371 g/mol. The molecule has 0 saturated carbocycles. The SMILES string of the molecule is COc1ccc(/C=C2/SC(=S)N(CCc3ccccc3)C2=O)cc1O. The maximum atomic E-state index is 12.6. The van der Waals surface area contributed by atoms with Gasteiger partial charge in [-0.15, -0.1) is 0 Å². The van der Waals surface area contributed by atoms with Gasteiger partial charge in [-0.3, -0.25) is 9.69 Å². The number of carbonyl (C=O) groups excluding carboxylic acids is 1. The van der Waals surface area contributed by atoms with Gasteiger partial charge in [0.05, 0.1) is 12.0 Å². The number of ether oxygens (including phenoxy) is 1. The number of benzene rings is 2. The summed E-state index contributed by atoms with van der Waals surface area (Å²) in [7, 11) is 1.49. The molecular weight excluding hydrogens is 354 g/mol. The van der Waals surface area contributed by atoms with Crippen molar-refractivity contribution >= 4 is 40.3 Å². The molecule has 128 valence electrons. The summed E-state index contributed by atoms with van der Waals surface area (Å²) < 4.78 is 5.59. The van der Waals surface area contributed by atoms with Crippen LogP contribution in [0, 0.1) is 0 Å². The average Bonchev–Trinajstić information content (AvgIpc) is 2.87. The first-order valence-corrected chi connectivity index (χ1v) is 8.97. The summed E-state index contributed by atoms with van der Waals surface area (Å²) >= 11 is 6.63. The number of rotatable bonds is 5. The standard InChI is InChI=1S/C19H17NO3S2/c1-23-16-8-7-14(11-15(16)21)12-17-18(22)20(19(24)25-17)10-9-13-5-3-2-4-6-13/h2-8,11-12,21H,9-10H2,1H3/b17-12+. The molecule has 4 nitrogen and oxygen atoms in total. The molecule has 0 aromatic heterocycles. The molecule has 1 saturated heterocycles. The zero-order valence-electron chi connectivity index (χ0n) is 13.6. The van der Waals surface area contributed by atoms with Crippen molar-refractivity contribution in [3.8, 4) is 11.5 Å². The van der Waals surface area contributed by atoms with Crippen LogP contribution in [0.5, 0.6) is 11.5 Å². The van der Waals surface area contributed by atoms with Gasteiger partial charge in [0.25, 0.3) is 5.91 Å². The molecule has 1 amide bonds. The van der Waals surface area contributed by atoms with Crippen LogP contribution >= 0.6 is 24.0 Å². The van der Waals surface area contributed by atoms with Crippen LogP contribution in [-0.2, 0) is 11.2 Å². The molecule has 0 unspecified atom stereocenters. The summed E-state index contributed by atoms with van der Waals surface area (Å²) in [5, 5.41) is 9.86. The van der Waals surface area contributed by atoms with Crippen molar-refractivity contribution in [3.05, 3.63) is 64.6 Å². The molecule has 3 rings (SSSR count). The molecule has 1 fully saturated rings. The van der Waals surface area contributed by atoms with E-state index in [4.69, 9.17) is 17.0 Å². The third kappa shape index (κ3) is 4.03. The van der Waals surface area contributed by atoms with Crippen molar-refractivity contribution in [2.24, 2.45) is 0 Å². The Labute approximate surface area is 156 Å². The second-order valence-corrected chi connectivity index (χ2v) is 7.18. The van der Waals surface area contributed by atoms with Crippen LogP contribution in [0.2, 0.25) is 0 Å². The molecule has 1 aliphatic heterocycles. The zero-order chi connectivity index (χ0) is 17.8. The number of nitrogens with zero attached hydrogens (tertiary/aromatic N) is 1. The number of methoxy groups -OCH3 is 1. The van der Waals surface area contributed by atoms with Crippen LogP contribution in [-0.4, -0.2) is 33.9 Å². The van der Waals surface area contributed by atoms with E-state index in [1.54, 1.807) is 29.2 Å². The quantitative estimate of drug-likeness (QED) is 0.639. The Morgan fingerprint density at radius 3 is 2.68 bits per heavy atom. The minimum absolute atomic E-state index is 0.0378. The highest BCUT2D eigenvalue weighted by Crippen LogP contribution is 2.34. The maximum Gasteiger partial charge on any atom is 0.266 e. The van der Waals surface area contributed by atoms with Gasteiger partial charge in [0.1, 0.15) is 4.32 Å². The molecular formula is C19H17NO3S2. The fourth-order valence-electron chi connectivity index (χ4n) is 2.53. The van der Waals surface area contributed by atoms with Gasteiger partial charge in [-0.05, 0) is 35.8 Å². The molecule has 2 aromatic carbocycles. The van der Waals surface area contributed by atoms with Crippen LogP contribution in [0.15, 0.2) is 53.4 Å². The molecule has 0 bridgehead atoms. The van der Waals surface area contributed by atoms with E-state index in [-0.39, 0.29) is 11.7 Å². The van der Waals surface area contributed by atoms with E-state index >= 15 is 0 Å². The first-order chi connectivity index (χ1) is 12.1. The predicted molar refractivity (Wildman–Crippen MR) is 105 cm³/mol. The lowest BCUT2D eigenvalue weighted by atomic mass is 10.1. The predicted octanol–water partition coefficient (Wildman–Crippen LogP) is 3.84. The fraction of sp³-hybridized carbons (Fsp3) is 0.158. The van der Waals surface area contributed by atoms with Crippen molar-refractivity contribution in [1.29, 1.82) is 0 Å². The first kappa shape index (κ1) is 17.5. The lowest BCUT2D eigenvalue weighted by molar-refractivity contribution is -0.122. The molecule has 0 aliphatic carbocycles. The largest absolute Gasteiger partial charge is 0.504 e. The highest BCUT2D eigenvalue weighted by molar-refractivity contribution is 8.26. The smallest absolute Gasteiger partial charge is 0.266 e. The minimum atomic E-state index is -0.0961. The highest BCUT2D eigenvalue weighted by atomic mass is 32.2. The van der Waals surface area contributed by atoms with Crippen molar-refractivity contribution < 1.29 is 14.6 Å². The van der Waals surface area contributed by atoms with Gasteiger partial charge in [-0.1, -0.05) is 60.4 Å². The minimum Gasteiger partial charge on any atom is -0.504 e. The number of hydrogen-bond acceptors (Lipinski definition) is 5. The van der Waals surface area contributed by atoms with E-state index in [0.717, 1.165) is 12.0 Å². The van der Waals surface area contributed by atoms with Gasteiger partial charge in [-0.2, -0.15) is 0 Å². The summed E-state index contributed by atoms with van der Waals surface area (Å²) in [6.45, 7) is 0.555. The first-order valence-electron chi connectivity index (χ1n) is 7.75. The number of carbonyl (C=O) groups is 1. The summed E-state index contributed by atoms with van der Waals surface area (Å²) in [5.41, 5.74) is 1.89. The molecule has 2 aromatic rings. The summed E-state index contributed by atoms with van der Waals surface area (Å²) in [6.07, 6.45) is 2.49. The van der Waals surface area contributed by atoms with E-state index in [1.807, 2.05) is 30.3 Å². The molecule has 0 atom stereocenters. The number of aromatic hydroxyl groups is 1. The van der Waals surface area contributed by atoms with Crippen LogP contribution < -0.4 is 4.74 Å². The monoisotopic (exact) mass is 371 g/mol. The molecule has 1 aliphatic rings. The van der Waals surface area contributed by atoms with Gasteiger partial charge < -0.3 is 9.84 Å². The number of phenols is 1. The number of hydrogen-bond donors (Lipinski definition) is 1. The number of phenolic OH excluding ortho intramolecular Hbond substituents is 1. The van der Waals surface area contributed by atoms with Gasteiger partial charge in [-0.25, -0.2) is 0 Å². The van der Waals surface area contributed by atoms with E-state index < -0.39 is 0 Å². The Hall–Kier alpha value is -2.31. The Bertz CT molecular complexity index is 834. The summed E-state index contributed by atoms with van der Waals surface area (Å²) in [5.74, 6) is 0.338. The van der Waals surface area contributed by atoms with Crippen molar-refractivity contribution in [2.75, 3.05) is 13.7 Å². The van der Waals surface area contributed by atoms with Gasteiger partial charge in [0.15, 0.2) is 11.5 Å². The second-order valence-electron chi connectivity index (χ2n) is 5.50. The zero-order valence-corrected chi connectivity index (χ0v) is 15.3. The molecule has 0 radical (unpaired) electrons. The van der Waals surface area contributed by atoms with Crippen LogP contribution in [0.3, 0.4) is 0 Å². The second kappa shape index (κ2) is 7.72. The third-order valence-corrected chi connectivity index (χ3v) is 5.22. The van der Waals surface area contributed by atoms with Gasteiger partial charge >= 0.3 is 0 Å². The van der Waals surface area contributed by atoms with Crippen LogP contribution in [0.1, 0.15) is 11.1 Å². The fourth-order valence-corrected chi connectivity index (χ4v) is 3.84. The number of thiocarbonyl (C=S) groups is 1. The Balaban J connectivity index is 1.73. The van der Waals surface area contributed by atoms with Crippen LogP contribution in [0.25, 0.3) is 6.08 Å². The van der Waals surface area contributed by atoms with E-state index in [0.29, 0.717) is 21.5 Å². The topological polar surface area (TPSA) is 49.8 Å². The van der Waals surface area contributed by atoms with Crippen molar-refractivity contribution in [3.63, 3.8) is 0 Å². The summed E-state index contributed by atoms with van der Waals surface area (Å²) in [6, 6.07) is 15.0. The molecule has 0 spiro atoms.